The summed E-state index contributed by atoms with van der Waals surface area (Å²) in [5.41, 5.74) is 3.95. The van der Waals surface area contributed by atoms with Crippen molar-refractivity contribution < 1.29 is 9.59 Å². The lowest BCUT2D eigenvalue weighted by Crippen LogP contribution is -2.49. The van der Waals surface area contributed by atoms with E-state index in [9.17, 15) is 9.59 Å². The summed E-state index contributed by atoms with van der Waals surface area (Å²) in [7, 11) is 0. The van der Waals surface area contributed by atoms with Crippen LogP contribution in [-0.4, -0.2) is 66.1 Å². The monoisotopic (exact) mass is 394 g/mol. The minimum absolute atomic E-state index is 0.0284. The maximum atomic E-state index is 12.9. The topological polar surface area (TPSA) is 81.7 Å². The molecule has 0 unspecified atom stereocenters. The molecule has 29 heavy (non-hydrogen) atoms. The Labute approximate surface area is 170 Å². The molecule has 0 spiro atoms. The summed E-state index contributed by atoms with van der Waals surface area (Å²) in [6, 6.07) is 5.50. The number of hydrogen-bond acceptors (Lipinski definition) is 5. The number of anilines is 2. The van der Waals surface area contributed by atoms with Gasteiger partial charge in [-0.25, -0.2) is 14.8 Å². The predicted octanol–water partition coefficient (Wildman–Crippen LogP) is 1.89. The first-order valence-electron chi connectivity index (χ1n) is 9.94. The van der Waals surface area contributed by atoms with Crippen molar-refractivity contribution in [3.63, 3.8) is 0 Å². The average molecular weight is 394 g/mol. The van der Waals surface area contributed by atoms with Crippen LogP contribution in [0.3, 0.4) is 0 Å². The van der Waals surface area contributed by atoms with Gasteiger partial charge in [-0.1, -0.05) is 6.07 Å². The number of carbonyl (C=O) groups excluding carboxylic acids is 2. The van der Waals surface area contributed by atoms with Crippen LogP contribution in [-0.2, 0) is 0 Å². The molecule has 0 bridgehead atoms. The maximum absolute atomic E-state index is 12.9. The largest absolute Gasteiger partial charge is 0.353 e. The molecule has 2 aromatic rings. The minimum Gasteiger partial charge on any atom is -0.353 e. The van der Waals surface area contributed by atoms with E-state index in [1.165, 1.54) is 11.1 Å². The van der Waals surface area contributed by atoms with Crippen LogP contribution in [0.15, 0.2) is 24.4 Å². The van der Waals surface area contributed by atoms with Gasteiger partial charge in [0.05, 0.1) is 5.56 Å². The van der Waals surface area contributed by atoms with Crippen LogP contribution in [0, 0.1) is 20.8 Å². The van der Waals surface area contributed by atoms with Crippen LogP contribution < -0.4 is 15.1 Å². The molecule has 2 aromatic heterocycles. The Hall–Kier alpha value is -3.16. The number of nitrogens with zero attached hydrogens (tertiary/aromatic N) is 5. The summed E-state index contributed by atoms with van der Waals surface area (Å²) in [5, 5.41) is 2.75. The number of piperazine rings is 1. The average Bonchev–Trinajstić information content (AvgIpc) is 3.16. The normalized spacial score (nSPS) is 16.9. The molecular weight excluding hydrogens is 368 g/mol. The van der Waals surface area contributed by atoms with Gasteiger partial charge in [0.2, 0.25) is 0 Å². The smallest absolute Gasteiger partial charge is 0.323 e. The molecule has 3 amide bonds. The van der Waals surface area contributed by atoms with Crippen molar-refractivity contribution in [2.75, 3.05) is 49.1 Å². The molecule has 0 aliphatic carbocycles. The van der Waals surface area contributed by atoms with Crippen molar-refractivity contribution in [2.45, 2.75) is 20.8 Å². The van der Waals surface area contributed by atoms with E-state index in [1.54, 1.807) is 23.2 Å². The highest BCUT2D eigenvalue weighted by molar-refractivity contribution is 5.96. The van der Waals surface area contributed by atoms with Crippen molar-refractivity contribution >= 4 is 23.6 Å². The van der Waals surface area contributed by atoms with Crippen molar-refractivity contribution in [2.24, 2.45) is 0 Å². The SMILES string of the molecule is Cc1cc(C)c(N2CCN(C(=O)c3ccc(N4CCNC4=O)nc3)CC2)nc1C. The van der Waals surface area contributed by atoms with Gasteiger partial charge in [0.1, 0.15) is 11.6 Å². The molecule has 152 valence electrons. The van der Waals surface area contributed by atoms with Crippen LogP contribution in [0.5, 0.6) is 0 Å². The second-order valence-electron chi connectivity index (χ2n) is 7.60. The third-order valence-electron chi connectivity index (χ3n) is 5.62. The van der Waals surface area contributed by atoms with Crippen molar-refractivity contribution in [3.8, 4) is 0 Å². The first-order chi connectivity index (χ1) is 13.9. The van der Waals surface area contributed by atoms with E-state index < -0.39 is 0 Å². The number of aryl methyl sites for hydroxylation is 3. The molecule has 1 N–H and O–H groups in total. The fourth-order valence-corrected chi connectivity index (χ4v) is 3.82. The summed E-state index contributed by atoms with van der Waals surface area (Å²) in [6.45, 7) is 10.2. The van der Waals surface area contributed by atoms with Gasteiger partial charge in [0.15, 0.2) is 0 Å². The number of pyridine rings is 2. The maximum Gasteiger partial charge on any atom is 0.323 e. The zero-order valence-electron chi connectivity index (χ0n) is 17.1. The van der Waals surface area contributed by atoms with Gasteiger partial charge in [0, 0.05) is 51.2 Å². The Kier molecular flexibility index (Phi) is 5.08. The second kappa shape index (κ2) is 7.69. The van der Waals surface area contributed by atoms with E-state index >= 15 is 0 Å². The number of rotatable bonds is 3. The lowest BCUT2D eigenvalue weighted by molar-refractivity contribution is 0.0746. The first kappa shape index (κ1) is 19.2. The molecule has 2 saturated heterocycles. The molecule has 2 aliphatic rings. The Morgan fingerprint density at radius 1 is 1.03 bits per heavy atom. The van der Waals surface area contributed by atoms with Crippen LogP contribution in [0.2, 0.25) is 0 Å². The number of urea groups is 1. The Balaban J connectivity index is 1.40. The summed E-state index contributed by atoms with van der Waals surface area (Å²) in [4.78, 5) is 39.4. The molecule has 2 aliphatic heterocycles. The third-order valence-corrected chi connectivity index (χ3v) is 5.62. The first-order valence-corrected chi connectivity index (χ1v) is 9.94. The summed E-state index contributed by atoms with van der Waals surface area (Å²) in [5.74, 6) is 1.55. The molecule has 4 heterocycles. The highest BCUT2D eigenvalue weighted by Crippen LogP contribution is 2.22. The summed E-state index contributed by atoms with van der Waals surface area (Å²) < 4.78 is 0. The lowest BCUT2D eigenvalue weighted by atomic mass is 10.1. The van der Waals surface area contributed by atoms with E-state index in [0.29, 0.717) is 37.6 Å². The van der Waals surface area contributed by atoms with Gasteiger partial charge in [-0.2, -0.15) is 0 Å². The number of nitrogens with one attached hydrogen (secondary N) is 1. The van der Waals surface area contributed by atoms with Crippen molar-refractivity contribution in [1.82, 2.24) is 20.2 Å². The van der Waals surface area contributed by atoms with Crippen molar-refractivity contribution in [3.05, 3.63) is 46.8 Å². The fourth-order valence-electron chi connectivity index (χ4n) is 3.82. The molecule has 0 saturated carbocycles. The summed E-state index contributed by atoms with van der Waals surface area (Å²) in [6.07, 6.45) is 1.56. The van der Waals surface area contributed by atoms with Crippen LogP contribution in [0.25, 0.3) is 0 Å². The molecule has 0 aromatic carbocycles. The molecule has 2 fully saturated rings. The van der Waals surface area contributed by atoms with Crippen LogP contribution >= 0.6 is 0 Å². The molecule has 0 atom stereocenters. The van der Waals surface area contributed by atoms with Crippen molar-refractivity contribution in [1.29, 1.82) is 0 Å². The van der Waals surface area contributed by atoms with Gasteiger partial charge in [0.25, 0.3) is 5.91 Å². The fraction of sp³-hybridized carbons (Fsp3) is 0.429. The highest BCUT2D eigenvalue weighted by atomic mass is 16.2. The molecule has 0 radical (unpaired) electrons. The minimum atomic E-state index is -0.150. The van der Waals surface area contributed by atoms with Gasteiger partial charge >= 0.3 is 6.03 Å². The van der Waals surface area contributed by atoms with E-state index in [1.807, 2.05) is 11.8 Å². The predicted molar refractivity (Wildman–Crippen MR) is 112 cm³/mol. The molecule has 4 rings (SSSR count). The Morgan fingerprint density at radius 3 is 2.41 bits per heavy atom. The van der Waals surface area contributed by atoms with Gasteiger partial charge in [-0.15, -0.1) is 0 Å². The Morgan fingerprint density at radius 2 is 1.79 bits per heavy atom. The van der Waals surface area contributed by atoms with E-state index in [2.05, 4.69) is 35.1 Å². The zero-order chi connectivity index (χ0) is 20.5. The van der Waals surface area contributed by atoms with E-state index in [-0.39, 0.29) is 11.9 Å². The number of amides is 3. The van der Waals surface area contributed by atoms with E-state index in [4.69, 9.17) is 4.98 Å². The van der Waals surface area contributed by atoms with Gasteiger partial charge < -0.3 is 15.1 Å². The molecular formula is C21H26N6O2. The summed E-state index contributed by atoms with van der Waals surface area (Å²) >= 11 is 0. The Bertz CT molecular complexity index is 935. The zero-order valence-corrected chi connectivity index (χ0v) is 17.1. The van der Waals surface area contributed by atoms with Crippen LogP contribution in [0.1, 0.15) is 27.2 Å². The lowest BCUT2D eigenvalue weighted by Gasteiger charge is -2.36. The van der Waals surface area contributed by atoms with Gasteiger partial charge in [-0.3, -0.25) is 9.69 Å². The second-order valence-corrected chi connectivity index (χ2v) is 7.60. The highest BCUT2D eigenvalue weighted by Gasteiger charge is 2.26. The molecule has 8 nitrogen and oxygen atoms in total. The van der Waals surface area contributed by atoms with Crippen LogP contribution in [0.4, 0.5) is 16.4 Å². The number of carbonyl (C=O) groups is 2. The van der Waals surface area contributed by atoms with E-state index in [0.717, 1.165) is 24.6 Å². The van der Waals surface area contributed by atoms with Gasteiger partial charge in [-0.05, 0) is 44.0 Å². The number of hydrogen-bond donors (Lipinski definition) is 1. The molecule has 8 heteroatoms. The quantitative estimate of drug-likeness (QED) is 0.860. The number of aromatic nitrogens is 2. The third kappa shape index (κ3) is 3.74. The standard InChI is InChI=1S/C21H26N6O2/c1-14-12-15(2)19(24-16(14)3)25-8-10-26(11-9-25)20(28)17-4-5-18(23-13-17)27-7-6-22-21(27)29/h4-5,12-13H,6-11H2,1-3H3,(H,22,29).